The summed E-state index contributed by atoms with van der Waals surface area (Å²) in [6.45, 7) is 5.68. The second-order valence-corrected chi connectivity index (χ2v) is 8.23. The summed E-state index contributed by atoms with van der Waals surface area (Å²) in [5.41, 5.74) is 5.14. The van der Waals surface area contributed by atoms with Crippen LogP contribution in [-0.2, 0) is 4.79 Å². The average Bonchev–Trinajstić information content (AvgIpc) is 3.27. The fourth-order valence-corrected chi connectivity index (χ4v) is 3.96. The molecule has 2 heterocycles. The number of carbonyl (C=O) groups excluding carboxylic acids is 1. The van der Waals surface area contributed by atoms with Gasteiger partial charge in [0.2, 0.25) is 5.76 Å². The van der Waals surface area contributed by atoms with Gasteiger partial charge in [-0.2, -0.15) is 5.26 Å². The van der Waals surface area contributed by atoms with Crippen LogP contribution in [0.4, 0.5) is 5.82 Å². The summed E-state index contributed by atoms with van der Waals surface area (Å²) in [7, 11) is 1.50. The SMILES string of the molecule is C=CCC(C=O)C/C=C\CC.CN.N#Cc1cc2c(Br)c(NC3CCCCC3)ncc2o1. The molecule has 0 aromatic carbocycles. The van der Waals surface area contributed by atoms with Crippen LogP contribution in [0.5, 0.6) is 0 Å². The molecule has 2 aromatic heterocycles. The van der Waals surface area contributed by atoms with Crippen molar-refractivity contribution in [3.8, 4) is 6.07 Å². The van der Waals surface area contributed by atoms with Crippen LogP contribution in [0.3, 0.4) is 0 Å². The molecule has 1 atom stereocenters. The molecule has 1 aliphatic rings. The Morgan fingerprint density at radius 2 is 2.06 bits per heavy atom. The highest BCUT2D eigenvalue weighted by molar-refractivity contribution is 9.10. The van der Waals surface area contributed by atoms with Gasteiger partial charge in [0.1, 0.15) is 18.2 Å². The lowest BCUT2D eigenvalue weighted by molar-refractivity contribution is -0.110. The Bertz CT molecular complexity index is 895. The molecule has 0 spiro atoms. The van der Waals surface area contributed by atoms with Crippen LogP contribution < -0.4 is 11.1 Å². The maximum atomic E-state index is 10.4. The Morgan fingerprint density at radius 3 is 2.66 bits per heavy atom. The number of nitrogens with two attached hydrogens (primary N) is 1. The third-order valence-electron chi connectivity index (χ3n) is 5.08. The van der Waals surface area contributed by atoms with Crippen LogP contribution in [0.25, 0.3) is 11.0 Å². The van der Waals surface area contributed by atoms with Crippen molar-refractivity contribution in [2.75, 3.05) is 12.4 Å². The number of nitrogens with one attached hydrogen (secondary N) is 1. The molecule has 32 heavy (non-hydrogen) atoms. The molecule has 1 saturated carbocycles. The predicted octanol–water partition coefficient (Wildman–Crippen LogP) is 6.52. The molecule has 1 aliphatic carbocycles. The first-order valence-corrected chi connectivity index (χ1v) is 12.0. The summed E-state index contributed by atoms with van der Waals surface area (Å²) in [4.78, 5) is 14.8. The summed E-state index contributed by atoms with van der Waals surface area (Å²) in [5.74, 6) is 1.28. The van der Waals surface area contributed by atoms with Crippen LogP contribution in [0, 0.1) is 17.2 Å². The Morgan fingerprint density at radius 1 is 1.34 bits per heavy atom. The minimum absolute atomic E-state index is 0.135. The molecule has 7 heteroatoms. The highest BCUT2D eigenvalue weighted by Crippen LogP contribution is 2.33. The van der Waals surface area contributed by atoms with E-state index < -0.39 is 0 Å². The Balaban J connectivity index is 0.000000340. The molecule has 6 nitrogen and oxygen atoms in total. The minimum atomic E-state index is 0.135. The molecule has 0 bridgehead atoms. The fraction of sp³-hybridized carbons (Fsp3) is 0.480. The Hall–Kier alpha value is -2.43. The zero-order chi connectivity index (χ0) is 23.8. The lowest BCUT2D eigenvalue weighted by Gasteiger charge is -2.23. The molecular formula is C25H35BrN4O2. The van der Waals surface area contributed by atoms with Gasteiger partial charge in [-0.15, -0.1) is 6.58 Å². The number of halogens is 1. The number of allylic oxidation sites excluding steroid dienone is 3. The lowest BCUT2D eigenvalue weighted by Crippen LogP contribution is -2.23. The Kier molecular flexibility index (Phi) is 14.0. The highest BCUT2D eigenvalue weighted by atomic mass is 79.9. The van der Waals surface area contributed by atoms with Crippen molar-refractivity contribution in [2.45, 2.75) is 64.3 Å². The molecule has 0 amide bonds. The molecule has 2 aromatic rings. The van der Waals surface area contributed by atoms with Gasteiger partial charge >= 0.3 is 0 Å². The summed E-state index contributed by atoms with van der Waals surface area (Å²) >= 11 is 3.56. The quantitative estimate of drug-likeness (QED) is 0.314. The van der Waals surface area contributed by atoms with Crippen molar-refractivity contribution in [3.05, 3.63) is 47.3 Å². The first kappa shape index (κ1) is 27.6. The highest BCUT2D eigenvalue weighted by Gasteiger charge is 2.17. The molecule has 0 saturated heterocycles. The zero-order valence-corrected chi connectivity index (χ0v) is 20.7. The van der Waals surface area contributed by atoms with Gasteiger partial charge in [-0.05, 0) is 55.1 Å². The predicted molar refractivity (Wildman–Crippen MR) is 135 cm³/mol. The van der Waals surface area contributed by atoms with E-state index in [1.807, 2.05) is 6.07 Å². The van der Waals surface area contributed by atoms with E-state index in [-0.39, 0.29) is 5.92 Å². The number of nitriles is 1. The lowest BCUT2D eigenvalue weighted by atomic mass is 9.95. The van der Waals surface area contributed by atoms with Crippen LogP contribution in [0.1, 0.15) is 64.1 Å². The van der Waals surface area contributed by atoms with E-state index >= 15 is 0 Å². The van der Waals surface area contributed by atoms with Crippen molar-refractivity contribution >= 4 is 39.0 Å². The Labute approximate surface area is 200 Å². The molecule has 174 valence electrons. The van der Waals surface area contributed by atoms with Crippen molar-refractivity contribution in [3.63, 3.8) is 0 Å². The topological polar surface area (TPSA) is 105 Å². The monoisotopic (exact) mass is 502 g/mol. The largest absolute Gasteiger partial charge is 0.444 e. The molecule has 3 N–H and O–H groups in total. The van der Waals surface area contributed by atoms with Gasteiger partial charge in [0.15, 0.2) is 5.58 Å². The minimum Gasteiger partial charge on any atom is -0.444 e. The van der Waals surface area contributed by atoms with Gasteiger partial charge < -0.3 is 20.3 Å². The number of furan rings is 1. The number of aldehydes is 1. The maximum Gasteiger partial charge on any atom is 0.204 e. The van der Waals surface area contributed by atoms with Crippen molar-refractivity contribution in [1.82, 2.24) is 4.98 Å². The number of hydrogen-bond donors (Lipinski definition) is 2. The number of pyridine rings is 1. The van der Waals surface area contributed by atoms with Crippen LogP contribution in [0.2, 0.25) is 0 Å². The number of carbonyl (C=O) groups is 1. The molecule has 1 unspecified atom stereocenters. The number of nitrogens with zero attached hydrogens (tertiary/aromatic N) is 2. The first-order chi connectivity index (χ1) is 15.6. The number of anilines is 1. The van der Waals surface area contributed by atoms with Gasteiger partial charge in [-0.25, -0.2) is 4.98 Å². The van der Waals surface area contributed by atoms with Crippen molar-refractivity contribution in [1.29, 1.82) is 5.26 Å². The van der Waals surface area contributed by atoms with Crippen molar-refractivity contribution in [2.24, 2.45) is 11.7 Å². The third kappa shape index (κ3) is 8.97. The number of aromatic nitrogens is 1. The molecule has 3 rings (SSSR count). The van der Waals surface area contributed by atoms with Gasteiger partial charge in [-0.1, -0.05) is 44.4 Å². The number of fused-ring (bicyclic) bond motifs is 1. The number of rotatable bonds is 8. The van der Waals surface area contributed by atoms with Crippen LogP contribution in [0.15, 0.2) is 46.0 Å². The van der Waals surface area contributed by atoms with E-state index in [4.69, 9.17) is 9.68 Å². The molecular weight excluding hydrogens is 468 g/mol. The third-order valence-corrected chi connectivity index (χ3v) is 5.88. The maximum absolute atomic E-state index is 10.4. The summed E-state index contributed by atoms with van der Waals surface area (Å²) in [5, 5.41) is 13.2. The van der Waals surface area contributed by atoms with E-state index in [0.717, 1.165) is 41.2 Å². The van der Waals surface area contributed by atoms with E-state index in [2.05, 4.69) is 57.6 Å². The molecule has 1 fully saturated rings. The normalized spacial score (nSPS) is 14.5. The summed E-state index contributed by atoms with van der Waals surface area (Å²) in [6.07, 6.45) is 17.6. The van der Waals surface area contributed by atoms with Crippen molar-refractivity contribution < 1.29 is 9.21 Å². The van der Waals surface area contributed by atoms with Gasteiger partial charge in [0.05, 0.1) is 10.7 Å². The second kappa shape index (κ2) is 16.2. The van der Waals surface area contributed by atoms with Gasteiger partial charge in [0, 0.05) is 23.4 Å². The fourth-order valence-electron chi connectivity index (χ4n) is 3.44. The average molecular weight is 503 g/mol. The van der Waals surface area contributed by atoms with E-state index in [1.54, 1.807) is 18.3 Å². The molecule has 0 radical (unpaired) electrons. The van der Waals surface area contributed by atoms with Gasteiger partial charge in [0.25, 0.3) is 0 Å². The zero-order valence-electron chi connectivity index (χ0n) is 19.1. The summed E-state index contributed by atoms with van der Waals surface area (Å²) < 4.78 is 6.24. The van der Waals surface area contributed by atoms with Crippen LogP contribution in [-0.4, -0.2) is 24.4 Å². The molecule has 0 aliphatic heterocycles. The van der Waals surface area contributed by atoms with E-state index in [9.17, 15) is 4.79 Å². The van der Waals surface area contributed by atoms with E-state index in [0.29, 0.717) is 17.4 Å². The van der Waals surface area contributed by atoms with Gasteiger partial charge in [-0.3, -0.25) is 0 Å². The smallest absolute Gasteiger partial charge is 0.204 e. The van der Waals surface area contributed by atoms with Crippen LogP contribution >= 0.6 is 15.9 Å². The second-order valence-electron chi connectivity index (χ2n) is 7.44. The number of hydrogen-bond acceptors (Lipinski definition) is 6. The van der Waals surface area contributed by atoms with E-state index in [1.165, 1.54) is 39.2 Å². The summed E-state index contributed by atoms with van der Waals surface area (Å²) in [6, 6.07) is 4.25. The first-order valence-electron chi connectivity index (χ1n) is 11.2. The standard InChI is InChI=1S/C14H14BrN3O.C10H16O.CH5N/c15-13-11-6-10(7-16)19-12(11)8-17-14(13)18-9-4-2-1-3-5-9;1-3-5-6-8-10(9-11)7-4-2;1-2/h6,8-9H,1-5H2,(H,17,18);4-6,9-10H,2-3,7-8H2,1H3;2H2,1H3/b;6-5-;.